The standard InChI is InChI=1S/2C17H14Br.C2H6Si.2ClH.Zr/c2*1-2-12-10-14-4-3-5-16(17(14)11-12)13-6-8-15(18)9-7-13;1-3-2;;;/h2*3-11H,2H2,1H3;1-2H3;2*1H;/q2*-1;;;;+4/p-2. The van der Waals surface area contributed by atoms with Gasteiger partial charge in [0.1, 0.15) is 0 Å². The first-order chi connectivity index (χ1) is 20.4. The van der Waals surface area contributed by atoms with Crippen LogP contribution in [0.25, 0.3) is 43.8 Å². The van der Waals surface area contributed by atoms with Crippen LogP contribution in [0, 0.1) is 0 Å². The van der Waals surface area contributed by atoms with E-state index in [1.165, 1.54) is 54.9 Å². The summed E-state index contributed by atoms with van der Waals surface area (Å²) in [5.74, 6) is 0. The van der Waals surface area contributed by atoms with Crippen LogP contribution in [0.3, 0.4) is 0 Å². The molecule has 2 radical (unpaired) electrons. The van der Waals surface area contributed by atoms with Crippen molar-refractivity contribution in [1.29, 1.82) is 0 Å². The van der Waals surface area contributed by atoms with Gasteiger partial charge in [0.05, 0.1) is 0 Å². The van der Waals surface area contributed by atoms with E-state index in [-0.39, 0.29) is 0 Å². The van der Waals surface area contributed by atoms with Crippen LogP contribution in [-0.2, 0) is 33.7 Å². The van der Waals surface area contributed by atoms with E-state index in [4.69, 9.17) is 17.0 Å². The van der Waals surface area contributed by atoms with E-state index in [9.17, 15) is 0 Å². The van der Waals surface area contributed by atoms with E-state index in [1.54, 1.807) is 0 Å². The van der Waals surface area contributed by atoms with Crippen molar-refractivity contribution in [2.24, 2.45) is 0 Å². The normalized spacial score (nSPS) is 10.1. The molecule has 42 heavy (non-hydrogen) atoms. The average molecular weight is 817 g/mol. The number of aryl methyl sites for hydroxylation is 2. The van der Waals surface area contributed by atoms with Gasteiger partial charge in [0.15, 0.2) is 0 Å². The molecule has 0 unspecified atom stereocenters. The molecule has 0 saturated heterocycles. The van der Waals surface area contributed by atoms with Gasteiger partial charge in [-0.15, -0.1) is 69.1 Å². The number of halogens is 4. The molecule has 0 spiro atoms. The Morgan fingerprint density at radius 2 is 0.952 bits per heavy atom. The summed E-state index contributed by atoms with van der Waals surface area (Å²) in [7, 11) is 11.0. The van der Waals surface area contributed by atoms with E-state index in [0.717, 1.165) is 31.3 Å². The molecule has 0 aliphatic rings. The molecule has 6 heteroatoms. The zero-order valence-corrected chi connectivity index (χ0v) is 32.5. The molecule has 0 aliphatic heterocycles. The Labute approximate surface area is 289 Å². The summed E-state index contributed by atoms with van der Waals surface area (Å²) in [6, 6.07) is 39.3. The molecule has 0 bridgehead atoms. The van der Waals surface area contributed by atoms with E-state index < -0.39 is 20.8 Å². The summed E-state index contributed by atoms with van der Waals surface area (Å²) in [4.78, 5) is 0. The SMILES string of the molecule is CCc1cc2c(-c3ccc(Br)cc3)cccc2[cH-]1.CCc1cc2c(-c3ccc(Br)cc3)cccc2[cH-]1.C[Si]C.[Cl][Zr+2][Cl]. The third-order valence-corrected chi connectivity index (χ3v) is 7.81. The Hall–Kier alpha value is -1.26. The van der Waals surface area contributed by atoms with Crippen molar-refractivity contribution < 1.29 is 20.8 Å². The second-order valence-electron chi connectivity index (χ2n) is 9.64. The monoisotopic (exact) mass is 812 g/mol. The van der Waals surface area contributed by atoms with Crippen molar-refractivity contribution in [2.75, 3.05) is 0 Å². The Morgan fingerprint density at radius 3 is 1.26 bits per heavy atom. The quantitative estimate of drug-likeness (QED) is 0.123. The summed E-state index contributed by atoms with van der Waals surface area (Å²) in [6.45, 7) is 8.71. The zero-order chi connectivity index (χ0) is 30.5. The molecule has 6 rings (SSSR count). The first-order valence-electron chi connectivity index (χ1n) is 13.8. The number of fused-ring (bicyclic) bond motifs is 2. The van der Waals surface area contributed by atoms with Crippen LogP contribution >= 0.6 is 48.9 Å². The van der Waals surface area contributed by atoms with Gasteiger partial charge in [-0.3, -0.25) is 0 Å². The molecule has 0 fully saturated rings. The minimum absolute atomic E-state index is 0.826. The summed E-state index contributed by atoms with van der Waals surface area (Å²) in [5.41, 5.74) is 8.01. The Kier molecular flexibility index (Phi) is 15.5. The van der Waals surface area contributed by atoms with Crippen LogP contribution in [0.1, 0.15) is 25.0 Å². The van der Waals surface area contributed by atoms with Gasteiger partial charge in [-0.05, 0) is 48.2 Å². The number of hydrogen-bond acceptors (Lipinski definition) is 0. The average Bonchev–Trinajstić information content (AvgIpc) is 3.63. The van der Waals surface area contributed by atoms with Crippen molar-refractivity contribution in [3.63, 3.8) is 0 Å². The number of hydrogen-bond donors (Lipinski definition) is 0. The molecule has 6 aromatic rings. The maximum atomic E-state index is 4.93. The van der Waals surface area contributed by atoms with Crippen LogP contribution in [-0.4, -0.2) is 9.52 Å². The van der Waals surface area contributed by atoms with Crippen LogP contribution in [0.15, 0.2) is 118 Å². The van der Waals surface area contributed by atoms with E-state index >= 15 is 0 Å². The van der Waals surface area contributed by atoms with Gasteiger partial charge in [-0.2, -0.15) is 12.1 Å². The Bertz CT molecular complexity index is 1530. The molecule has 0 N–H and O–H groups in total. The molecule has 0 heterocycles. The van der Waals surface area contributed by atoms with Crippen LogP contribution < -0.4 is 0 Å². The second kappa shape index (κ2) is 18.5. The molecule has 214 valence electrons. The molecule has 6 aromatic carbocycles. The van der Waals surface area contributed by atoms with Crippen molar-refractivity contribution in [3.05, 3.63) is 129 Å². The van der Waals surface area contributed by atoms with E-state index in [1.807, 2.05) is 0 Å². The maximum absolute atomic E-state index is 4.93. The topological polar surface area (TPSA) is 0 Å². The molecule has 0 aromatic heterocycles. The number of benzene rings is 4. The first kappa shape index (κ1) is 35.2. The molecule has 0 nitrogen and oxygen atoms in total. The third kappa shape index (κ3) is 9.88. The predicted octanol–water partition coefficient (Wildman–Crippen LogP) is 13.3. The van der Waals surface area contributed by atoms with Crippen molar-refractivity contribution in [2.45, 2.75) is 39.8 Å². The van der Waals surface area contributed by atoms with Crippen molar-refractivity contribution in [3.8, 4) is 22.3 Å². The molecule has 0 amide bonds. The third-order valence-electron chi connectivity index (χ3n) is 6.75. The Balaban J connectivity index is 0.000000195. The summed E-state index contributed by atoms with van der Waals surface area (Å²) >= 11 is 6.14. The first-order valence-corrected chi connectivity index (χ1v) is 23.7. The van der Waals surface area contributed by atoms with Crippen LogP contribution in [0.2, 0.25) is 13.1 Å². The number of rotatable bonds is 4. The zero-order valence-electron chi connectivity index (χ0n) is 24.3. The second-order valence-corrected chi connectivity index (χ2v) is 16.2. The fourth-order valence-electron chi connectivity index (χ4n) is 4.76. The summed E-state index contributed by atoms with van der Waals surface area (Å²) in [6.07, 6.45) is 2.18. The molecule has 0 aliphatic carbocycles. The van der Waals surface area contributed by atoms with Gasteiger partial charge >= 0.3 is 37.9 Å². The van der Waals surface area contributed by atoms with Gasteiger partial charge < -0.3 is 0 Å². The molecular formula is C36H34Br2Cl2SiZr. The van der Waals surface area contributed by atoms with E-state index in [2.05, 4.69) is 168 Å². The van der Waals surface area contributed by atoms with E-state index in [0.29, 0.717) is 0 Å². The van der Waals surface area contributed by atoms with Crippen molar-refractivity contribution in [1.82, 2.24) is 0 Å². The predicted molar refractivity (Wildman–Crippen MR) is 193 cm³/mol. The molecular weight excluding hydrogens is 782 g/mol. The molecule has 0 atom stereocenters. The summed E-state index contributed by atoms with van der Waals surface area (Å²) in [5, 5.41) is 5.40. The van der Waals surface area contributed by atoms with Gasteiger partial charge in [0, 0.05) is 18.5 Å². The van der Waals surface area contributed by atoms with Crippen LogP contribution in [0.5, 0.6) is 0 Å². The fourth-order valence-corrected chi connectivity index (χ4v) is 5.29. The fraction of sp³-hybridized carbons (Fsp3) is 0.167. The Morgan fingerprint density at radius 1 is 0.619 bits per heavy atom. The van der Waals surface area contributed by atoms with Gasteiger partial charge in [0.25, 0.3) is 0 Å². The van der Waals surface area contributed by atoms with Gasteiger partial charge in [-0.1, -0.05) is 106 Å². The van der Waals surface area contributed by atoms with Crippen molar-refractivity contribution >= 4 is 80.0 Å². The molecule has 0 saturated carbocycles. The minimum atomic E-state index is -0.826. The summed E-state index contributed by atoms with van der Waals surface area (Å²) < 4.78 is 2.24. The van der Waals surface area contributed by atoms with Gasteiger partial charge in [-0.25, -0.2) is 0 Å². The van der Waals surface area contributed by atoms with Crippen LogP contribution in [0.4, 0.5) is 0 Å². The van der Waals surface area contributed by atoms with Gasteiger partial charge in [0.2, 0.25) is 0 Å².